The van der Waals surface area contributed by atoms with Crippen LogP contribution in [0.15, 0.2) is 30.3 Å². The Kier molecular flexibility index (Phi) is 6.22. The van der Waals surface area contributed by atoms with Crippen molar-refractivity contribution < 1.29 is 14.7 Å². The maximum atomic E-state index is 12.3. The zero-order valence-corrected chi connectivity index (χ0v) is 12.3. The van der Waals surface area contributed by atoms with Gasteiger partial charge in [0.05, 0.1) is 6.42 Å². The summed E-state index contributed by atoms with van der Waals surface area (Å²) in [5.74, 6) is -0.916. The van der Waals surface area contributed by atoms with Crippen LogP contribution in [0.5, 0.6) is 0 Å². The van der Waals surface area contributed by atoms with Crippen molar-refractivity contribution in [3.8, 4) is 0 Å². The minimum Gasteiger partial charge on any atom is -0.481 e. The molecule has 4 nitrogen and oxygen atoms in total. The summed E-state index contributed by atoms with van der Waals surface area (Å²) in [6.07, 6.45) is 0.617. The van der Waals surface area contributed by atoms with Crippen LogP contribution in [0.2, 0.25) is 0 Å². The first kappa shape index (κ1) is 16.2. The molecule has 0 aliphatic heterocycles. The van der Waals surface area contributed by atoms with Crippen molar-refractivity contribution in [2.45, 2.75) is 39.7 Å². The van der Waals surface area contributed by atoms with Crippen LogP contribution in [0, 0.1) is 11.8 Å². The van der Waals surface area contributed by atoms with Crippen LogP contribution in [0.1, 0.15) is 32.8 Å². The van der Waals surface area contributed by atoms with E-state index >= 15 is 0 Å². The van der Waals surface area contributed by atoms with Crippen molar-refractivity contribution in [3.05, 3.63) is 35.9 Å². The molecule has 1 aromatic rings. The van der Waals surface area contributed by atoms with Crippen LogP contribution in [-0.4, -0.2) is 23.0 Å². The van der Waals surface area contributed by atoms with Gasteiger partial charge in [-0.2, -0.15) is 0 Å². The predicted molar refractivity (Wildman–Crippen MR) is 78.3 cm³/mol. The summed E-state index contributed by atoms with van der Waals surface area (Å²) in [7, 11) is 0. The average Bonchev–Trinajstić information content (AvgIpc) is 2.35. The van der Waals surface area contributed by atoms with Crippen LogP contribution in [0.25, 0.3) is 0 Å². The van der Waals surface area contributed by atoms with Gasteiger partial charge < -0.3 is 10.4 Å². The Morgan fingerprint density at radius 1 is 1.15 bits per heavy atom. The van der Waals surface area contributed by atoms with Gasteiger partial charge in [0, 0.05) is 12.0 Å². The Hall–Kier alpha value is -1.84. The third kappa shape index (κ3) is 5.43. The van der Waals surface area contributed by atoms with E-state index in [4.69, 9.17) is 5.11 Å². The molecule has 1 amide bonds. The molecule has 2 unspecified atom stereocenters. The van der Waals surface area contributed by atoms with Crippen LogP contribution >= 0.6 is 0 Å². The molecule has 0 aromatic heterocycles. The second-order valence-corrected chi connectivity index (χ2v) is 5.55. The fraction of sp³-hybridized carbons (Fsp3) is 0.500. The van der Waals surface area contributed by atoms with E-state index in [1.807, 2.05) is 44.2 Å². The van der Waals surface area contributed by atoms with Crippen LogP contribution in [0.4, 0.5) is 0 Å². The Balaban J connectivity index is 2.66. The number of aliphatic carboxylic acids is 1. The lowest BCUT2D eigenvalue weighted by Crippen LogP contribution is -2.40. The van der Waals surface area contributed by atoms with Crippen molar-refractivity contribution in [1.29, 1.82) is 0 Å². The number of hydrogen-bond donors (Lipinski definition) is 2. The summed E-state index contributed by atoms with van der Waals surface area (Å²) < 4.78 is 0. The molecule has 0 heterocycles. The van der Waals surface area contributed by atoms with Gasteiger partial charge >= 0.3 is 5.97 Å². The first-order valence-corrected chi connectivity index (χ1v) is 6.96. The SMILES string of the molecule is CC(CC(=O)O)NC(=O)C(Cc1ccccc1)C(C)C. The van der Waals surface area contributed by atoms with Crippen LogP contribution in [-0.2, 0) is 16.0 Å². The molecule has 2 N–H and O–H groups in total. The van der Waals surface area contributed by atoms with E-state index in [0.29, 0.717) is 6.42 Å². The van der Waals surface area contributed by atoms with E-state index in [0.717, 1.165) is 5.56 Å². The summed E-state index contributed by atoms with van der Waals surface area (Å²) in [6, 6.07) is 9.52. The lowest BCUT2D eigenvalue weighted by atomic mass is 9.88. The van der Waals surface area contributed by atoms with Gasteiger partial charge in [0.25, 0.3) is 0 Å². The highest BCUT2D eigenvalue weighted by atomic mass is 16.4. The summed E-state index contributed by atoms with van der Waals surface area (Å²) in [5, 5.41) is 11.5. The highest BCUT2D eigenvalue weighted by Crippen LogP contribution is 2.18. The van der Waals surface area contributed by atoms with Gasteiger partial charge in [0.2, 0.25) is 5.91 Å². The number of amides is 1. The average molecular weight is 277 g/mol. The van der Waals surface area contributed by atoms with Crippen molar-refractivity contribution in [1.82, 2.24) is 5.32 Å². The third-order valence-corrected chi connectivity index (χ3v) is 3.31. The predicted octanol–water partition coefficient (Wildman–Crippen LogP) is 2.48. The number of nitrogens with one attached hydrogen (secondary N) is 1. The number of hydrogen-bond acceptors (Lipinski definition) is 2. The number of benzene rings is 1. The molecular weight excluding hydrogens is 254 g/mol. The number of rotatable bonds is 7. The molecule has 0 saturated carbocycles. The highest BCUT2D eigenvalue weighted by molar-refractivity contribution is 5.80. The molecule has 1 aromatic carbocycles. The van der Waals surface area contributed by atoms with Gasteiger partial charge in [0.1, 0.15) is 0 Å². The lowest BCUT2D eigenvalue weighted by Gasteiger charge is -2.22. The van der Waals surface area contributed by atoms with E-state index in [9.17, 15) is 9.59 Å². The molecule has 0 aliphatic carbocycles. The molecule has 4 heteroatoms. The van der Waals surface area contributed by atoms with Gasteiger partial charge in [-0.1, -0.05) is 44.2 Å². The summed E-state index contributed by atoms with van der Waals surface area (Å²) in [6.45, 7) is 5.73. The highest BCUT2D eigenvalue weighted by Gasteiger charge is 2.24. The van der Waals surface area contributed by atoms with Gasteiger partial charge in [-0.05, 0) is 24.8 Å². The standard InChI is InChI=1S/C16H23NO3/c1-11(2)14(10-13-7-5-4-6-8-13)16(20)17-12(3)9-15(18)19/h4-8,11-12,14H,9-10H2,1-3H3,(H,17,20)(H,18,19). The maximum Gasteiger partial charge on any atom is 0.305 e. The molecule has 20 heavy (non-hydrogen) atoms. The first-order valence-electron chi connectivity index (χ1n) is 6.96. The Labute approximate surface area is 120 Å². The third-order valence-electron chi connectivity index (χ3n) is 3.31. The second-order valence-electron chi connectivity index (χ2n) is 5.55. The van der Waals surface area contributed by atoms with Crippen molar-refractivity contribution >= 4 is 11.9 Å². The van der Waals surface area contributed by atoms with Crippen molar-refractivity contribution in [2.24, 2.45) is 11.8 Å². The van der Waals surface area contributed by atoms with Gasteiger partial charge in [0.15, 0.2) is 0 Å². The summed E-state index contributed by atoms with van der Waals surface area (Å²) in [5.41, 5.74) is 1.12. The van der Waals surface area contributed by atoms with E-state index in [1.54, 1.807) is 6.92 Å². The topological polar surface area (TPSA) is 66.4 Å². The van der Waals surface area contributed by atoms with Crippen LogP contribution in [0.3, 0.4) is 0 Å². The van der Waals surface area contributed by atoms with E-state index < -0.39 is 5.97 Å². The molecule has 0 bridgehead atoms. The fourth-order valence-electron chi connectivity index (χ4n) is 2.16. The van der Waals surface area contributed by atoms with E-state index in [1.165, 1.54) is 0 Å². The molecule has 0 radical (unpaired) electrons. The second kappa shape index (κ2) is 7.68. The largest absolute Gasteiger partial charge is 0.481 e. The monoisotopic (exact) mass is 277 g/mol. The van der Waals surface area contributed by atoms with Crippen molar-refractivity contribution in [3.63, 3.8) is 0 Å². The zero-order valence-electron chi connectivity index (χ0n) is 12.3. The number of carboxylic acids is 1. The number of carbonyl (C=O) groups excluding carboxylic acids is 1. The maximum absolute atomic E-state index is 12.3. The van der Waals surface area contributed by atoms with Gasteiger partial charge in [-0.15, -0.1) is 0 Å². The number of carboxylic acid groups (broad SMARTS) is 1. The lowest BCUT2D eigenvalue weighted by molar-refractivity contribution is -0.137. The molecule has 2 atom stereocenters. The van der Waals surface area contributed by atoms with E-state index in [2.05, 4.69) is 5.32 Å². The minimum absolute atomic E-state index is 0.0537. The molecule has 0 aliphatic rings. The normalized spacial score (nSPS) is 13.8. The first-order chi connectivity index (χ1) is 9.40. The molecule has 0 fully saturated rings. The molecular formula is C16H23NO3. The Bertz CT molecular complexity index is 442. The minimum atomic E-state index is -0.901. The molecule has 1 rings (SSSR count). The van der Waals surface area contributed by atoms with Gasteiger partial charge in [-0.3, -0.25) is 9.59 Å². The molecule has 0 spiro atoms. The summed E-state index contributed by atoms with van der Waals surface area (Å²) in [4.78, 5) is 22.9. The zero-order chi connectivity index (χ0) is 15.1. The molecule has 110 valence electrons. The van der Waals surface area contributed by atoms with E-state index in [-0.39, 0.29) is 30.2 Å². The summed E-state index contributed by atoms with van der Waals surface area (Å²) >= 11 is 0. The fourth-order valence-corrected chi connectivity index (χ4v) is 2.16. The number of carbonyl (C=O) groups is 2. The smallest absolute Gasteiger partial charge is 0.305 e. The Morgan fingerprint density at radius 2 is 1.75 bits per heavy atom. The van der Waals surface area contributed by atoms with Crippen LogP contribution < -0.4 is 5.32 Å². The van der Waals surface area contributed by atoms with Crippen molar-refractivity contribution in [2.75, 3.05) is 0 Å². The quantitative estimate of drug-likeness (QED) is 0.804. The van der Waals surface area contributed by atoms with Gasteiger partial charge in [-0.25, -0.2) is 0 Å². The Morgan fingerprint density at radius 3 is 2.25 bits per heavy atom. The molecule has 0 saturated heterocycles.